The summed E-state index contributed by atoms with van der Waals surface area (Å²) in [7, 11) is 0. The second kappa shape index (κ2) is 10.9. The molecule has 0 fully saturated rings. The fourth-order valence-electron chi connectivity index (χ4n) is 2.07. The van der Waals surface area contributed by atoms with E-state index in [2.05, 4.69) is 0 Å². The molecule has 0 radical (unpaired) electrons. The van der Waals surface area contributed by atoms with E-state index >= 15 is 0 Å². The summed E-state index contributed by atoms with van der Waals surface area (Å²) in [6.07, 6.45) is 1.53. The van der Waals surface area contributed by atoms with Gasteiger partial charge in [-0.1, -0.05) is 50.2 Å². The van der Waals surface area contributed by atoms with Crippen LogP contribution in [0.4, 0.5) is 0 Å². The summed E-state index contributed by atoms with van der Waals surface area (Å²) >= 11 is 0. The Balaban J connectivity index is 0.000000403. The van der Waals surface area contributed by atoms with Gasteiger partial charge in [-0.05, 0) is 36.1 Å². The van der Waals surface area contributed by atoms with Crippen molar-refractivity contribution in [2.24, 2.45) is 0 Å². The molecule has 0 aliphatic heterocycles. The Morgan fingerprint density at radius 3 is 1.26 bits per heavy atom. The van der Waals surface area contributed by atoms with Crippen molar-refractivity contribution in [3.05, 3.63) is 70.8 Å². The second-order valence-electron chi connectivity index (χ2n) is 4.63. The average Bonchev–Trinajstić information content (AvgIpc) is 2.55. The minimum Gasteiger partial charge on any atom is -0.478 e. The SMILES string of the molecule is CCc1ccccc1C(=O)O.CCc1ccccc1C(=O)O.[Cd]. The van der Waals surface area contributed by atoms with Gasteiger partial charge in [-0.25, -0.2) is 9.59 Å². The van der Waals surface area contributed by atoms with Gasteiger partial charge in [0.05, 0.1) is 11.1 Å². The molecule has 0 amide bonds. The van der Waals surface area contributed by atoms with Crippen LogP contribution in [0.2, 0.25) is 0 Å². The van der Waals surface area contributed by atoms with Crippen LogP contribution in [0.15, 0.2) is 48.5 Å². The zero-order valence-electron chi connectivity index (χ0n) is 13.5. The van der Waals surface area contributed by atoms with Gasteiger partial charge in [0.1, 0.15) is 0 Å². The van der Waals surface area contributed by atoms with E-state index in [0.717, 1.165) is 24.0 Å². The third-order valence-electron chi connectivity index (χ3n) is 3.26. The summed E-state index contributed by atoms with van der Waals surface area (Å²) in [5.41, 5.74) is 2.60. The van der Waals surface area contributed by atoms with Crippen molar-refractivity contribution in [1.29, 1.82) is 0 Å². The summed E-state index contributed by atoms with van der Waals surface area (Å²) in [4.78, 5) is 21.2. The topological polar surface area (TPSA) is 74.6 Å². The Bertz CT molecular complexity index is 595. The maximum atomic E-state index is 10.6. The fraction of sp³-hybridized carbons (Fsp3) is 0.222. The molecule has 2 aromatic carbocycles. The van der Waals surface area contributed by atoms with Gasteiger partial charge in [0.2, 0.25) is 0 Å². The zero-order chi connectivity index (χ0) is 16.5. The molecule has 5 heteroatoms. The monoisotopic (exact) mass is 414 g/mol. The molecule has 23 heavy (non-hydrogen) atoms. The largest absolute Gasteiger partial charge is 0.478 e. The van der Waals surface area contributed by atoms with Gasteiger partial charge in [-0.3, -0.25) is 0 Å². The van der Waals surface area contributed by atoms with E-state index in [1.165, 1.54) is 0 Å². The number of carboxylic acid groups (broad SMARTS) is 2. The molecule has 0 saturated carbocycles. The molecule has 118 valence electrons. The number of hydrogen-bond acceptors (Lipinski definition) is 2. The predicted molar refractivity (Wildman–Crippen MR) is 85.6 cm³/mol. The molecule has 0 aromatic heterocycles. The molecule has 2 aromatic rings. The van der Waals surface area contributed by atoms with Gasteiger partial charge in [-0.15, -0.1) is 0 Å². The van der Waals surface area contributed by atoms with Gasteiger partial charge >= 0.3 is 11.9 Å². The van der Waals surface area contributed by atoms with E-state index in [1.807, 2.05) is 38.1 Å². The van der Waals surface area contributed by atoms with E-state index in [0.29, 0.717) is 11.1 Å². The van der Waals surface area contributed by atoms with E-state index in [9.17, 15) is 9.59 Å². The van der Waals surface area contributed by atoms with Crippen LogP contribution >= 0.6 is 0 Å². The van der Waals surface area contributed by atoms with Gasteiger partial charge in [-0.2, -0.15) is 0 Å². The summed E-state index contributed by atoms with van der Waals surface area (Å²) in [5, 5.41) is 17.4. The minimum atomic E-state index is -0.845. The Hall–Kier alpha value is -1.70. The van der Waals surface area contributed by atoms with Crippen LogP contribution in [0.3, 0.4) is 0 Å². The second-order valence-corrected chi connectivity index (χ2v) is 4.63. The summed E-state index contributed by atoms with van der Waals surface area (Å²) in [5.74, 6) is -1.69. The Morgan fingerprint density at radius 2 is 1.04 bits per heavy atom. The van der Waals surface area contributed by atoms with Gasteiger partial charge in [0.25, 0.3) is 0 Å². The van der Waals surface area contributed by atoms with E-state index < -0.39 is 11.9 Å². The molecule has 0 heterocycles. The van der Waals surface area contributed by atoms with Gasteiger partial charge in [0, 0.05) is 27.3 Å². The minimum absolute atomic E-state index is 0. The third-order valence-corrected chi connectivity index (χ3v) is 3.26. The number of carboxylic acids is 2. The van der Waals surface area contributed by atoms with Crippen molar-refractivity contribution < 1.29 is 47.1 Å². The van der Waals surface area contributed by atoms with Crippen LogP contribution < -0.4 is 0 Å². The van der Waals surface area contributed by atoms with Crippen molar-refractivity contribution in [3.63, 3.8) is 0 Å². The van der Waals surface area contributed by atoms with E-state index in [1.54, 1.807) is 24.3 Å². The predicted octanol–water partition coefficient (Wildman–Crippen LogP) is 3.89. The molecular weight excluding hydrogens is 393 g/mol. The molecule has 0 aliphatic carbocycles. The number of hydrogen-bond donors (Lipinski definition) is 2. The quantitative estimate of drug-likeness (QED) is 0.747. The normalized spacial score (nSPS) is 9.13. The zero-order valence-corrected chi connectivity index (χ0v) is 17.5. The summed E-state index contributed by atoms with van der Waals surface area (Å²) < 4.78 is 0. The Kier molecular flexibility index (Phi) is 10.1. The molecule has 2 rings (SSSR count). The van der Waals surface area contributed by atoms with Crippen molar-refractivity contribution in [1.82, 2.24) is 0 Å². The molecular formula is C18H20CdO4. The van der Waals surface area contributed by atoms with Gasteiger partial charge in [0.15, 0.2) is 0 Å². The first kappa shape index (κ1) is 21.3. The third kappa shape index (κ3) is 6.52. The molecule has 0 spiro atoms. The van der Waals surface area contributed by atoms with Crippen LogP contribution in [0.5, 0.6) is 0 Å². The van der Waals surface area contributed by atoms with Crippen LogP contribution in [0, 0.1) is 0 Å². The number of aromatic carboxylic acids is 2. The smallest absolute Gasteiger partial charge is 0.335 e. The average molecular weight is 413 g/mol. The first-order chi connectivity index (χ1) is 10.5. The fourth-order valence-corrected chi connectivity index (χ4v) is 2.07. The van der Waals surface area contributed by atoms with Crippen molar-refractivity contribution >= 4 is 11.9 Å². The van der Waals surface area contributed by atoms with E-state index in [4.69, 9.17) is 10.2 Å². The van der Waals surface area contributed by atoms with Crippen LogP contribution in [-0.4, -0.2) is 22.2 Å². The standard InChI is InChI=1S/2C9H10O2.Cd/c2*1-2-7-5-3-4-6-8(7)9(10)11;/h2*3-6H,2H2,1H3,(H,10,11);. The van der Waals surface area contributed by atoms with Crippen molar-refractivity contribution in [2.45, 2.75) is 26.7 Å². The maximum Gasteiger partial charge on any atom is 0.335 e. The molecule has 0 saturated heterocycles. The molecule has 0 unspecified atom stereocenters. The molecule has 0 bridgehead atoms. The summed E-state index contributed by atoms with van der Waals surface area (Å²) in [6, 6.07) is 14.1. The van der Waals surface area contributed by atoms with Crippen LogP contribution in [0.25, 0.3) is 0 Å². The maximum absolute atomic E-state index is 10.6. The van der Waals surface area contributed by atoms with Crippen LogP contribution in [0.1, 0.15) is 45.7 Å². The first-order valence-corrected chi connectivity index (χ1v) is 7.13. The molecule has 2 N–H and O–H groups in total. The van der Waals surface area contributed by atoms with Crippen molar-refractivity contribution in [2.75, 3.05) is 0 Å². The molecule has 0 atom stereocenters. The van der Waals surface area contributed by atoms with Gasteiger partial charge < -0.3 is 10.2 Å². The first-order valence-electron chi connectivity index (χ1n) is 7.13. The number of carbonyl (C=O) groups is 2. The van der Waals surface area contributed by atoms with Crippen LogP contribution in [-0.2, 0) is 40.1 Å². The molecule has 4 nitrogen and oxygen atoms in total. The number of aryl methyl sites for hydroxylation is 2. The number of benzene rings is 2. The van der Waals surface area contributed by atoms with E-state index in [-0.39, 0.29) is 27.3 Å². The number of rotatable bonds is 4. The van der Waals surface area contributed by atoms with Crippen molar-refractivity contribution in [3.8, 4) is 0 Å². The molecule has 0 aliphatic rings. The Labute approximate surface area is 156 Å². The summed E-state index contributed by atoms with van der Waals surface area (Å²) in [6.45, 7) is 3.89. The Morgan fingerprint density at radius 1 is 0.739 bits per heavy atom.